The average Bonchev–Trinajstić information content (AvgIpc) is 3.12. The van der Waals surface area contributed by atoms with Crippen molar-refractivity contribution in [2.24, 2.45) is 0 Å². The topological polar surface area (TPSA) is 52.6 Å². The molecule has 2 unspecified atom stereocenters. The molecule has 1 fully saturated rings. The maximum Gasteiger partial charge on any atom is 0.163 e. The highest BCUT2D eigenvalue weighted by molar-refractivity contribution is 6.42. The number of fused-ring (bicyclic) bond motifs is 1. The van der Waals surface area contributed by atoms with Crippen LogP contribution < -0.4 is 5.32 Å². The van der Waals surface area contributed by atoms with Crippen molar-refractivity contribution in [2.45, 2.75) is 43.7 Å². The molecule has 0 bridgehead atoms. The monoisotopic (exact) mass is 446 g/mol. The third-order valence-corrected chi connectivity index (χ3v) is 7.22. The minimum absolute atomic E-state index is 0.0749. The van der Waals surface area contributed by atoms with Crippen molar-refractivity contribution in [3.8, 4) is 0 Å². The standard InChI is InChI=1S/C24H28Cl2N2O2/c1-23(2)14-27-24(15-28-10-9-17(29)13-28,19-6-4-3-5-18(19)23)22(30)12-16-7-8-20(25)21(26)11-16/h3-8,11,17,27,29H,9-10,12-15H2,1-2H3. The first-order valence-electron chi connectivity index (χ1n) is 10.4. The molecule has 160 valence electrons. The van der Waals surface area contributed by atoms with Crippen LogP contribution in [0, 0.1) is 0 Å². The second-order valence-electron chi connectivity index (χ2n) is 9.21. The molecule has 6 heteroatoms. The number of nitrogens with zero attached hydrogens (tertiary/aromatic N) is 1. The molecule has 2 heterocycles. The van der Waals surface area contributed by atoms with Gasteiger partial charge in [0.05, 0.1) is 16.1 Å². The number of halogens is 2. The fourth-order valence-corrected chi connectivity index (χ4v) is 5.08. The SMILES string of the molecule is CC1(C)CNC(CN2CCC(O)C2)(C(=O)Cc2ccc(Cl)c(Cl)c2)c2ccccc21. The van der Waals surface area contributed by atoms with E-state index in [4.69, 9.17) is 23.2 Å². The van der Waals surface area contributed by atoms with Gasteiger partial charge in [-0.05, 0) is 35.2 Å². The molecule has 0 spiro atoms. The molecule has 1 saturated heterocycles. The van der Waals surface area contributed by atoms with E-state index >= 15 is 0 Å². The van der Waals surface area contributed by atoms with Crippen molar-refractivity contribution in [1.29, 1.82) is 0 Å². The summed E-state index contributed by atoms with van der Waals surface area (Å²) in [5, 5.41) is 14.6. The van der Waals surface area contributed by atoms with E-state index in [1.54, 1.807) is 12.1 Å². The van der Waals surface area contributed by atoms with Gasteiger partial charge in [0.25, 0.3) is 0 Å². The maximum atomic E-state index is 13.9. The molecule has 0 aromatic heterocycles. The van der Waals surface area contributed by atoms with E-state index in [-0.39, 0.29) is 23.7 Å². The fourth-order valence-electron chi connectivity index (χ4n) is 4.76. The second kappa shape index (κ2) is 8.25. The summed E-state index contributed by atoms with van der Waals surface area (Å²) in [4.78, 5) is 16.1. The van der Waals surface area contributed by atoms with Crippen molar-refractivity contribution in [3.05, 3.63) is 69.2 Å². The molecule has 2 aliphatic heterocycles. The molecular weight excluding hydrogens is 419 g/mol. The summed E-state index contributed by atoms with van der Waals surface area (Å²) in [6, 6.07) is 13.6. The number of β-amino-alcohol motifs (C(OH)–C–C–N with tert-alkyl or cyclic N) is 1. The molecule has 2 aromatic rings. The number of rotatable bonds is 5. The minimum Gasteiger partial charge on any atom is -0.392 e. The van der Waals surface area contributed by atoms with E-state index in [1.807, 2.05) is 18.2 Å². The zero-order valence-corrected chi connectivity index (χ0v) is 18.9. The molecule has 0 radical (unpaired) electrons. The third-order valence-electron chi connectivity index (χ3n) is 6.48. The lowest BCUT2D eigenvalue weighted by Crippen LogP contribution is -2.62. The van der Waals surface area contributed by atoms with Crippen LogP contribution >= 0.6 is 23.2 Å². The van der Waals surface area contributed by atoms with Crippen LogP contribution in [0.1, 0.15) is 37.0 Å². The molecule has 2 aromatic carbocycles. The number of benzene rings is 2. The van der Waals surface area contributed by atoms with E-state index in [2.05, 4.69) is 36.2 Å². The summed E-state index contributed by atoms with van der Waals surface area (Å²) in [6.07, 6.45) is 0.668. The summed E-state index contributed by atoms with van der Waals surface area (Å²) >= 11 is 12.3. The highest BCUT2D eigenvalue weighted by Crippen LogP contribution is 2.40. The van der Waals surface area contributed by atoms with Crippen LogP contribution in [0.3, 0.4) is 0 Å². The van der Waals surface area contributed by atoms with E-state index in [9.17, 15) is 9.90 Å². The number of Topliss-reactive ketones (excluding diaryl/α,β-unsaturated/α-hetero) is 1. The zero-order valence-electron chi connectivity index (χ0n) is 17.4. The van der Waals surface area contributed by atoms with Crippen LogP contribution in [0.4, 0.5) is 0 Å². The Bertz CT molecular complexity index is 962. The Labute approximate surface area is 188 Å². The molecule has 4 rings (SSSR count). The molecular formula is C24H28Cl2N2O2. The lowest BCUT2D eigenvalue weighted by Gasteiger charge is -2.47. The first-order valence-corrected chi connectivity index (χ1v) is 11.2. The molecule has 4 nitrogen and oxygen atoms in total. The van der Waals surface area contributed by atoms with Crippen molar-refractivity contribution >= 4 is 29.0 Å². The van der Waals surface area contributed by atoms with Gasteiger partial charge in [-0.25, -0.2) is 0 Å². The van der Waals surface area contributed by atoms with Gasteiger partial charge in [0.15, 0.2) is 5.78 Å². The minimum atomic E-state index is -0.831. The van der Waals surface area contributed by atoms with E-state index in [1.165, 1.54) is 5.56 Å². The quantitative estimate of drug-likeness (QED) is 0.729. The van der Waals surface area contributed by atoms with Gasteiger partial charge >= 0.3 is 0 Å². The van der Waals surface area contributed by atoms with Crippen LogP contribution in [0.25, 0.3) is 0 Å². The van der Waals surface area contributed by atoms with Gasteiger partial charge in [-0.2, -0.15) is 0 Å². The van der Waals surface area contributed by atoms with Gasteiger partial charge in [-0.1, -0.05) is 67.4 Å². The molecule has 2 aliphatic rings. The normalized spacial score (nSPS) is 25.8. The Morgan fingerprint density at radius 3 is 2.57 bits per heavy atom. The van der Waals surface area contributed by atoms with Crippen LogP contribution in [0.15, 0.2) is 42.5 Å². The summed E-state index contributed by atoms with van der Waals surface area (Å²) in [6.45, 7) is 7.02. The Morgan fingerprint density at radius 2 is 1.90 bits per heavy atom. The van der Waals surface area contributed by atoms with Gasteiger partial charge in [0.1, 0.15) is 5.54 Å². The number of hydrogen-bond donors (Lipinski definition) is 2. The summed E-state index contributed by atoms with van der Waals surface area (Å²) in [7, 11) is 0. The first kappa shape index (κ1) is 21.8. The van der Waals surface area contributed by atoms with Crippen molar-refractivity contribution in [1.82, 2.24) is 10.2 Å². The molecule has 0 aliphatic carbocycles. The maximum absolute atomic E-state index is 13.9. The lowest BCUT2D eigenvalue weighted by molar-refractivity contribution is -0.126. The first-order chi connectivity index (χ1) is 14.2. The van der Waals surface area contributed by atoms with Crippen LogP contribution in [0.5, 0.6) is 0 Å². The molecule has 2 N–H and O–H groups in total. The van der Waals surface area contributed by atoms with Crippen LogP contribution in [0.2, 0.25) is 10.0 Å². The summed E-state index contributed by atoms with van der Waals surface area (Å²) in [5.41, 5.74) is 2.18. The zero-order chi connectivity index (χ0) is 21.5. The Morgan fingerprint density at radius 1 is 1.17 bits per heavy atom. The molecule has 30 heavy (non-hydrogen) atoms. The average molecular weight is 447 g/mol. The highest BCUT2D eigenvalue weighted by atomic mass is 35.5. The molecule has 2 atom stereocenters. The number of nitrogens with one attached hydrogen (secondary N) is 1. The smallest absolute Gasteiger partial charge is 0.163 e. The Balaban J connectivity index is 1.74. The van der Waals surface area contributed by atoms with Crippen molar-refractivity contribution < 1.29 is 9.90 Å². The Kier molecular flexibility index (Phi) is 5.99. The van der Waals surface area contributed by atoms with Gasteiger partial charge in [-0.3, -0.25) is 15.0 Å². The van der Waals surface area contributed by atoms with Crippen molar-refractivity contribution in [2.75, 3.05) is 26.2 Å². The van der Waals surface area contributed by atoms with Crippen LogP contribution in [-0.4, -0.2) is 48.1 Å². The largest absolute Gasteiger partial charge is 0.392 e. The number of aliphatic hydroxyl groups excluding tert-OH is 1. The molecule has 0 saturated carbocycles. The number of likely N-dealkylation sites (tertiary alicyclic amines) is 1. The fraction of sp³-hybridized carbons (Fsp3) is 0.458. The third kappa shape index (κ3) is 4.04. The predicted octanol–water partition coefficient (Wildman–Crippen LogP) is 3.95. The number of aliphatic hydroxyl groups is 1. The Hall–Kier alpha value is -1.43. The number of ketones is 1. The second-order valence-corrected chi connectivity index (χ2v) is 10.0. The number of carbonyl (C=O) groups is 1. The van der Waals surface area contributed by atoms with Crippen molar-refractivity contribution in [3.63, 3.8) is 0 Å². The van der Waals surface area contributed by atoms with Gasteiger partial charge < -0.3 is 5.11 Å². The van der Waals surface area contributed by atoms with Crippen LogP contribution in [-0.2, 0) is 22.2 Å². The van der Waals surface area contributed by atoms with E-state index < -0.39 is 5.54 Å². The van der Waals surface area contributed by atoms with Gasteiger partial charge in [0.2, 0.25) is 0 Å². The number of hydrogen-bond acceptors (Lipinski definition) is 4. The lowest BCUT2D eigenvalue weighted by atomic mass is 9.69. The molecule has 0 amide bonds. The van der Waals surface area contributed by atoms with E-state index in [0.717, 1.165) is 24.1 Å². The van der Waals surface area contributed by atoms with E-state index in [0.29, 0.717) is 29.7 Å². The van der Waals surface area contributed by atoms with Gasteiger partial charge in [-0.15, -0.1) is 0 Å². The predicted molar refractivity (Wildman–Crippen MR) is 121 cm³/mol. The van der Waals surface area contributed by atoms with Gasteiger partial charge in [0, 0.05) is 38.0 Å². The number of carbonyl (C=O) groups excluding carboxylic acids is 1. The highest BCUT2D eigenvalue weighted by Gasteiger charge is 2.48. The summed E-state index contributed by atoms with van der Waals surface area (Å²) < 4.78 is 0. The summed E-state index contributed by atoms with van der Waals surface area (Å²) in [5.74, 6) is 0.102.